The van der Waals surface area contributed by atoms with Crippen molar-refractivity contribution in [2.45, 2.75) is 40.2 Å². The first-order valence-corrected chi connectivity index (χ1v) is 8.43. The van der Waals surface area contributed by atoms with Crippen molar-refractivity contribution in [3.63, 3.8) is 0 Å². The molecule has 5 heteroatoms. The van der Waals surface area contributed by atoms with Crippen molar-refractivity contribution in [2.75, 3.05) is 10.6 Å². The molecule has 132 valence electrons. The second kappa shape index (κ2) is 8.33. The van der Waals surface area contributed by atoms with Gasteiger partial charge in [0.15, 0.2) is 0 Å². The number of rotatable bonds is 5. The minimum absolute atomic E-state index is 0.107. The van der Waals surface area contributed by atoms with E-state index in [1.807, 2.05) is 32.0 Å². The molecule has 0 aliphatic rings. The molecule has 0 heterocycles. The van der Waals surface area contributed by atoms with Crippen LogP contribution in [0.25, 0.3) is 0 Å². The highest BCUT2D eigenvalue weighted by Crippen LogP contribution is 2.21. The monoisotopic (exact) mass is 339 g/mol. The Kier molecular flexibility index (Phi) is 6.17. The van der Waals surface area contributed by atoms with Crippen molar-refractivity contribution >= 4 is 23.3 Å². The average Bonchev–Trinajstić information content (AvgIpc) is 2.57. The lowest BCUT2D eigenvalue weighted by molar-refractivity contribution is -0.114. The number of benzene rings is 2. The minimum atomic E-state index is -0.282. The number of urea groups is 1. The first-order chi connectivity index (χ1) is 11.9. The Hall–Kier alpha value is -2.82. The van der Waals surface area contributed by atoms with Gasteiger partial charge in [0.1, 0.15) is 0 Å². The predicted molar refractivity (Wildman–Crippen MR) is 102 cm³/mol. The van der Waals surface area contributed by atoms with Crippen LogP contribution in [0.1, 0.15) is 43.5 Å². The molecule has 2 aromatic carbocycles. The molecule has 1 atom stereocenters. The lowest BCUT2D eigenvalue weighted by atomic mass is 10.1. The summed E-state index contributed by atoms with van der Waals surface area (Å²) in [6.45, 7) is 7.41. The molecule has 0 saturated carbocycles. The topological polar surface area (TPSA) is 70.2 Å². The summed E-state index contributed by atoms with van der Waals surface area (Å²) in [6.07, 6.45) is 0.993. The molecule has 0 bridgehead atoms. The largest absolute Gasteiger partial charge is 0.331 e. The normalized spacial score (nSPS) is 11.5. The van der Waals surface area contributed by atoms with E-state index in [0.717, 1.165) is 17.5 Å². The van der Waals surface area contributed by atoms with Gasteiger partial charge in [-0.05, 0) is 49.1 Å². The molecule has 0 aliphatic heterocycles. The summed E-state index contributed by atoms with van der Waals surface area (Å²) in [7, 11) is 0. The van der Waals surface area contributed by atoms with E-state index in [4.69, 9.17) is 0 Å². The van der Waals surface area contributed by atoms with Crippen LogP contribution in [0.2, 0.25) is 0 Å². The molecule has 0 aromatic heterocycles. The Labute approximate surface area is 148 Å². The molecule has 2 aromatic rings. The van der Waals surface area contributed by atoms with Crippen LogP contribution < -0.4 is 16.0 Å². The molecular weight excluding hydrogens is 314 g/mol. The van der Waals surface area contributed by atoms with Gasteiger partial charge in [0.25, 0.3) is 0 Å². The van der Waals surface area contributed by atoms with Crippen LogP contribution in [0.3, 0.4) is 0 Å². The maximum absolute atomic E-state index is 12.3. The highest BCUT2D eigenvalue weighted by molar-refractivity contribution is 5.93. The summed E-state index contributed by atoms with van der Waals surface area (Å²) in [5, 5.41) is 8.49. The van der Waals surface area contributed by atoms with Crippen LogP contribution in [0, 0.1) is 6.92 Å². The smallest absolute Gasteiger partial charge is 0.319 e. The summed E-state index contributed by atoms with van der Waals surface area (Å²) in [5.74, 6) is -0.150. The molecular formula is C20H25N3O2. The molecule has 0 aliphatic carbocycles. The van der Waals surface area contributed by atoms with Gasteiger partial charge in [-0.15, -0.1) is 0 Å². The third kappa shape index (κ3) is 5.35. The third-order valence-electron chi connectivity index (χ3n) is 4.04. The molecule has 1 unspecified atom stereocenters. The number of hydrogen-bond acceptors (Lipinski definition) is 2. The Morgan fingerprint density at radius 3 is 2.32 bits per heavy atom. The lowest BCUT2D eigenvalue weighted by Crippen LogP contribution is -2.31. The molecule has 3 amide bonds. The zero-order chi connectivity index (χ0) is 18.4. The SMILES string of the molecule is CCc1ccc(C(C)NC(=O)Nc2cc(NC(C)=O)ccc2C)cc1. The van der Waals surface area contributed by atoms with Crippen molar-refractivity contribution in [3.8, 4) is 0 Å². The Morgan fingerprint density at radius 2 is 1.72 bits per heavy atom. The zero-order valence-electron chi connectivity index (χ0n) is 15.1. The molecule has 2 rings (SSSR count). The Bertz CT molecular complexity index is 754. The van der Waals surface area contributed by atoms with Crippen LogP contribution in [-0.2, 0) is 11.2 Å². The first-order valence-electron chi connectivity index (χ1n) is 8.43. The van der Waals surface area contributed by atoms with Gasteiger partial charge in [0.2, 0.25) is 5.91 Å². The summed E-state index contributed by atoms with van der Waals surface area (Å²) in [5.41, 5.74) is 4.56. The minimum Gasteiger partial charge on any atom is -0.331 e. The summed E-state index contributed by atoms with van der Waals surface area (Å²) >= 11 is 0. The van der Waals surface area contributed by atoms with Crippen molar-refractivity contribution in [2.24, 2.45) is 0 Å². The predicted octanol–water partition coefficient (Wildman–Crippen LogP) is 4.40. The van der Waals surface area contributed by atoms with E-state index in [1.54, 1.807) is 12.1 Å². The van der Waals surface area contributed by atoms with Gasteiger partial charge < -0.3 is 16.0 Å². The number of nitrogens with one attached hydrogen (secondary N) is 3. The summed E-state index contributed by atoms with van der Waals surface area (Å²) < 4.78 is 0. The van der Waals surface area contributed by atoms with Crippen molar-refractivity contribution < 1.29 is 9.59 Å². The number of hydrogen-bond donors (Lipinski definition) is 3. The lowest BCUT2D eigenvalue weighted by Gasteiger charge is -2.17. The maximum Gasteiger partial charge on any atom is 0.319 e. The van der Waals surface area contributed by atoms with E-state index in [9.17, 15) is 9.59 Å². The van der Waals surface area contributed by atoms with E-state index in [0.29, 0.717) is 11.4 Å². The van der Waals surface area contributed by atoms with E-state index < -0.39 is 0 Å². The van der Waals surface area contributed by atoms with E-state index in [-0.39, 0.29) is 18.0 Å². The third-order valence-corrected chi connectivity index (χ3v) is 4.04. The number of carbonyl (C=O) groups is 2. The molecule has 0 spiro atoms. The van der Waals surface area contributed by atoms with Gasteiger partial charge in [0, 0.05) is 18.3 Å². The molecule has 25 heavy (non-hydrogen) atoms. The summed E-state index contributed by atoms with van der Waals surface area (Å²) in [4.78, 5) is 23.5. The van der Waals surface area contributed by atoms with E-state index in [2.05, 4.69) is 35.0 Å². The first kappa shape index (κ1) is 18.5. The summed E-state index contributed by atoms with van der Waals surface area (Å²) in [6, 6.07) is 13.2. The highest BCUT2D eigenvalue weighted by Gasteiger charge is 2.11. The Balaban J connectivity index is 2.02. The van der Waals surface area contributed by atoms with Crippen LogP contribution in [-0.4, -0.2) is 11.9 Å². The average molecular weight is 339 g/mol. The van der Waals surface area contributed by atoms with Crippen molar-refractivity contribution in [3.05, 3.63) is 59.2 Å². The molecule has 5 nitrogen and oxygen atoms in total. The van der Waals surface area contributed by atoms with Gasteiger partial charge in [0.05, 0.1) is 6.04 Å². The van der Waals surface area contributed by atoms with Crippen LogP contribution in [0.4, 0.5) is 16.2 Å². The quantitative estimate of drug-likeness (QED) is 0.755. The number of aryl methyl sites for hydroxylation is 2. The van der Waals surface area contributed by atoms with Crippen LogP contribution in [0.15, 0.2) is 42.5 Å². The van der Waals surface area contributed by atoms with E-state index >= 15 is 0 Å². The number of anilines is 2. The second-order valence-corrected chi connectivity index (χ2v) is 6.13. The van der Waals surface area contributed by atoms with Gasteiger partial charge in [-0.3, -0.25) is 4.79 Å². The van der Waals surface area contributed by atoms with Gasteiger partial charge in [-0.25, -0.2) is 4.79 Å². The van der Waals surface area contributed by atoms with Crippen LogP contribution in [0.5, 0.6) is 0 Å². The fourth-order valence-electron chi connectivity index (χ4n) is 2.52. The van der Waals surface area contributed by atoms with Crippen LogP contribution >= 0.6 is 0 Å². The number of carbonyl (C=O) groups excluding carboxylic acids is 2. The maximum atomic E-state index is 12.3. The zero-order valence-corrected chi connectivity index (χ0v) is 15.1. The Morgan fingerprint density at radius 1 is 1.04 bits per heavy atom. The molecule has 0 fully saturated rings. The second-order valence-electron chi connectivity index (χ2n) is 6.13. The van der Waals surface area contributed by atoms with E-state index in [1.165, 1.54) is 12.5 Å². The number of amides is 3. The fraction of sp³-hybridized carbons (Fsp3) is 0.300. The highest BCUT2D eigenvalue weighted by atomic mass is 16.2. The molecule has 0 saturated heterocycles. The molecule has 0 radical (unpaired) electrons. The van der Waals surface area contributed by atoms with Gasteiger partial charge >= 0.3 is 6.03 Å². The fourth-order valence-corrected chi connectivity index (χ4v) is 2.52. The van der Waals surface area contributed by atoms with Crippen molar-refractivity contribution in [1.82, 2.24) is 5.32 Å². The molecule has 3 N–H and O–H groups in total. The standard InChI is InChI=1S/C20H25N3O2/c1-5-16-7-9-17(10-8-16)14(3)21-20(25)23-19-12-18(22-15(4)24)11-6-13(19)2/h6-12,14H,5H2,1-4H3,(H,22,24)(H2,21,23,25). The van der Waals surface area contributed by atoms with Gasteiger partial charge in [-0.1, -0.05) is 37.3 Å². The van der Waals surface area contributed by atoms with Gasteiger partial charge in [-0.2, -0.15) is 0 Å². The van der Waals surface area contributed by atoms with Crippen molar-refractivity contribution in [1.29, 1.82) is 0 Å².